The zero-order valence-electron chi connectivity index (χ0n) is 16.9. The first-order valence-corrected chi connectivity index (χ1v) is 9.83. The van der Waals surface area contributed by atoms with E-state index in [0.717, 1.165) is 10.9 Å². The van der Waals surface area contributed by atoms with E-state index < -0.39 is 11.5 Å². The molecule has 0 aliphatic heterocycles. The van der Waals surface area contributed by atoms with Gasteiger partial charge in [0.15, 0.2) is 5.82 Å². The molecule has 5 rings (SSSR count). The van der Waals surface area contributed by atoms with Gasteiger partial charge in [-0.05, 0) is 61.0 Å². The number of carbonyl (C=O) groups is 1. The lowest BCUT2D eigenvalue weighted by Crippen LogP contribution is -2.15. The molecule has 7 nitrogen and oxygen atoms in total. The Bertz CT molecular complexity index is 1500. The van der Waals surface area contributed by atoms with Gasteiger partial charge in [-0.1, -0.05) is 0 Å². The minimum absolute atomic E-state index is 0.316. The van der Waals surface area contributed by atoms with E-state index in [9.17, 15) is 14.0 Å². The molecule has 5 aromatic rings. The molecule has 0 bridgehead atoms. The van der Waals surface area contributed by atoms with Crippen LogP contribution in [-0.2, 0) is 0 Å². The van der Waals surface area contributed by atoms with Gasteiger partial charge >= 0.3 is 5.63 Å². The molecule has 32 heavy (non-hydrogen) atoms. The molecule has 1 amide bonds. The Morgan fingerprint density at radius 2 is 1.81 bits per heavy atom. The summed E-state index contributed by atoms with van der Waals surface area (Å²) in [6, 6.07) is 16.1. The van der Waals surface area contributed by atoms with Gasteiger partial charge in [0.2, 0.25) is 0 Å². The molecule has 0 radical (unpaired) electrons. The average Bonchev–Trinajstić information content (AvgIpc) is 3.43. The number of anilines is 1. The van der Waals surface area contributed by atoms with Gasteiger partial charge in [-0.25, -0.2) is 13.9 Å². The Morgan fingerprint density at radius 1 is 1.06 bits per heavy atom. The fourth-order valence-corrected chi connectivity index (χ4v) is 3.60. The summed E-state index contributed by atoms with van der Waals surface area (Å²) in [6.45, 7) is 1.82. The molecule has 0 spiro atoms. The third-order valence-electron chi connectivity index (χ3n) is 5.12. The molecule has 0 fully saturated rings. The third-order valence-corrected chi connectivity index (χ3v) is 5.12. The van der Waals surface area contributed by atoms with E-state index in [2.05, 4.69) is 10.4 Å². The summed E-state index contributed by atoms with van der Waals surface area (Å²) in [5.41, 5.74) is 2.14. The summed E-state index contributed by atoms with van der Waals surface area (Å²) in [6.07, 6.45) is 5.04. The van der Waals surface area contributed by atoms with Crippen LogP contribution in [0.2, 0.25) is 0 Å². The number of nitrogens with zero attached hydrogens (tertiary/aromatic N) is 3. The van der Waals surface area contributed by atoms with Crippen LogP contribution >= 0.6 is 0 Å². The number of aryl methyl sites for hydroxylation is 1. The second-order valence-electron chi connectivity index (χ2n) is 7.27. The molecule has 0 unspecified atom stereocenters. The van der Waals surface area contributed by atoms with Crippen LogP contribution in [0.15, 0.2) is 88.5 Å². The van der Waals surface area contributed by atoms with Crippen molar-refractivity contribution < 1.29 is 13.6 Å². The zero-order chi connectivity index (χ0) is 22.2. The van der Waals surface area contributed by atoms with Gasteiger partial charge in [0.05, 0.1) is 11.9 Å². The molecule has 0 saturated carbocycles. The van der Waals surface area contributed by atoms with Crippen LogP contribution in [0.1, 0.15) is 15.9 Å². The number of aromatic nitrogens is 3. The lowest BCUT2D eigenvalue weighted by molar-refractivity contribution is 0.102. The minimum Gasteiger partial charge on any atom is -0.423 e. The maximum Gasteiger partial charge on any atom is 0.336 e. The van der Waals surface area contributed by atoms with Crippen molar-refractivity contribution in [3.8, 4) is 11.5 Å². The van der Waals surface area contributed by atoms with Crippen molar-refractivity contribution in [2.45, 2.75) is 6.92 Å². The number of amides is 1. The zero-order valence-corrected chi connectivity index (χ0v) is 16.9. The van der Waals surface area contributed by atoms with Gasteiger partial charge in [0, 0.05) is 35.6 Å². The van der Waals surface area contributed by atoms with Gasteiger partial charge in [-0.3, -0.25) is 4.79 Å². The summed E-state index contributed by atoms with van der Waals surface area (Å²) < 4.78 is 22.0. The fraction of sp³-hybridized carbons (Fsp3) is 0.0417. The summed E-state index contributed by atoms with van der Waals surface area (Å²) in [7, 11) is 0. The van der Waals surface area contributed by atoms with Gasteiger partial charge in [-0.15, -0.1) is 0 Å². The average molecular weight is 428 g/mol. The molecule has 0 aliphatic rings. The first kappa shape index (κ1) is 19.5. The van der Waals surface area contributed by atoms with Crippen molar-refractivity contribution in [2.75, 3.05) is 5.32 Å². The van der Waals surface area contributed by atoms with Crippen molar-refractivity contribution in [1.82, 2.24) is 14.3 Å². The molecular weight excluding hydrogens is 411 g/mol. The van der Waals surface area contributed by atoms with E-state index in [0.29, 0.717) is 28.3 Å². The number of carbonyl (C=O) groups excluding carboxylic acids is 1. The highest BCUT2D eigenvalue weighted by molar-refractivity contribution is 6.07. The van der Waals surface area contributed by atoms with E-state index in [-0.39, 0.29) is 5.82 Å². The van der Waals surface area contributed by atoms with Crippen LogP contribution < -0.4 is 10.9 Å². The smallest absolute Gasteiger partial charge is 0.336 e. The predicted molar refractivity (Wildman–Crippen MR) is 118 cm³/mol. The van der Waals surface area contributed by atoms with Crippen LogP contribution in [0.5, 0.6) is 0 Å². The molecular formula is C24H17FN4O3. The topological polar surface area (TPSA) is 82.1 Å². The number of benzene rings is 2. The van der Waals surface area contributed by atoms with E-state index in [1.54, 1.807) is 52.0 Å². The van der Waals surface area contributed by atoms with E-state index in [4.69, 9.17) is 4.42 Å². The Morgan fingerprint density at radius 3 is 2.56 bits per heavy atom. The lowest BCUT2D eigenvalue weighted by atomic mass is 10.1. The van der Waals surface area contributed by atoms with E-state index in [1.807, 2.05) is 19.1 Å². The molecule has 8 heteroatoms. The highest BCUT2D eigenvalue weighted by Gasteiger charge is 2.20. The minimum atomic E-state index is -0.450. The summed E-state index contributed by atoms with van der Waals surface area (Å²) in [5, 5.41) is 7.99. The Hall–Kier alpha value is -4.46. The second-order valence-corrected chi connectivity index (χ2v) is 7.27. The van der Waals surface area contributed by atoms with Crippen molar-refractivity contribution >= 4 is 22.6 Å². The Labute approximate surface area is 181 Å². The number of hydrogen-bond donors (Lipinski definition) is 1. The molecule has 0 aliphatic carbocycles. The van der Waals surface area contributed by atoms with Crippen LogP contribution in [0.25, 0.3) is 22.5 Å². The highest BCUT2D eigenvalue weighted by atomic mass is 19.1. The molecule has 1 N–H and O–H groups in total. The molecule has 3 aromatic heterocycles. The number of fused-ring (bicyclic) bond motifs is 1. The van der Waals surface area contributed by atoms with E-state index in [1.165, 1.54) is 24.4 Å². The van der Waals surface area contributed by atoms with Crippen LogP contribution in [-0.4, -0.2) is 20.3 Å². The van der Waals surface area contributed by atoms with Crippen molar-refractivity contribution in [3.05, 3.63) is 107 Å². The first-order chi connectivity index (χ1) is 15.5. The van der Waals surface area contributed by atoms with Crippen molar-refractivity contribution in [2.24, 2.45) is 0 Å². The highest BCUT2D eigenvalue weighted by Crippen LogP contribution is 2.24. The van der Waals surface area contributed by atoms with Crippen molar-refractivity contribution in [3.63, 3.8) is 0 Å². The molecule has 0 saturated heterocycles. The van der Waals surface area contributed by atoms with Gasteiger partial charge in [-0.2, -0.15) is 5.10 Å². The normalized spacial score (nSPS) is 11.1. The number of nitrogens with one attached hydrogen (secondary N) is 1. The van der Waals surface area contributed by atoms with E-state index >= 15 is 0 Å². The predicted octanol–water partition coefficient (Wildman–Crippen LogP) is 4.47. The second kappa shape index (κ2) is 7.66. The standard InChI is InChI=1S/C24H17FN4O3/c1-15-12-22(30)32-21-13-17(6-9-19(15)21)27-23(31)20-14-26-29(18-7-4-16(25)5-8-18)24(20)28-10-2-3-11-28/h2-14H,1H3,(H,27,31). The van der Waals surface area contributed by atoms with Gasteiger partial charge in [0.1, 0.15) is 17.0 Å². The molecule has 3 heterocycles. The SMILES string of the molecule is Cc1cc(=O)oc2cc(NC(=O)c3cnn(-c4ccc(F)cc4)c3-n3cccc3)ccc12. The van der Waals surface area contributed by atoms with Crippen LogP contribution in [0.4, 0.5) is 10.1 Å². The third kappa shape index (κ3) is 3.47. The van der Waals surface area contributed by atoms with Crippen molar-refractivity contribution in [1.29, 1.82) is 0 Å². The number of rotatable bonds is 4. The van der Waals surface area contributed by atoms with Gasteiger partial charge in [0.25, 0.3) is 5.91 Å². The lowest BCUT2D eigenvalue weighted by Gasteiger charge is -2.11. The van der Waals surface area contributed by atoms with Crippen LogP contribution in [0.3, 0.4) is 0 Å². The molecule has 2 aromatic carbocycles. The summed E-state index contributed by atoms with van der Waals surface area (Å²) in [4.78, 5) is 24.9. The maximum atomic E-state index is 13.4. The summed E-state index contributed by atoms with van der Waals surface area (Å²) in [5.74, 6) is -0.252. The molecule has 0 atom stereocenters. The fourth-order valence-electron chi connectivity index (χ4n) is 3.60. The quantitative estimate of drug-likeness (QED) is 0.428. The van der Waals surface area contributed by atoms with Crippen LogP contribution in [0, 0.1) is 12.7 Å². The molecule has 158 valence electrons. The Balaban J connectivity index is 1.55. The number of halogens is 1. The first-order valence-electron chi connectivity index (χ1n) is 9.83. The maximum absolute atomic E-state index is 13.4. The Kier molecular flexibility index (Phi) is 4.67. The monoisotopic (exact) mass is 428 g/mol. The largest absolute Gasteiger partial charge is 0.423 e. The summed E-state index contributed by atoms with van der Waals surface area (Å²) >= 11 is 0. The number of hydrogen-bond acceptors (Lipinski definition) is 4. The van der Waals surface area contributed by atoms with Gasteiger partial charge < -0.3 is 14.3 Å².